The van der Waals surface area contributed by atoms with E-state index in [-0.39, 0.29) is 10.8 Å². The van der Waals surface area contributed by atoms with E-state index in [1.807, 2.05) is 42.5 Å². The van der Waals surface area contributed by atoms with Gasteiger partial charge in [-0.05, 0) is 23.6 Å². The van der Waals surface area contributed by atoms with Gasteiger partial charge in [-0.3, -0.25) is 9.11 Å². The van der Waals surface area contributed by atoms with Gasteiger partial charge in [0.25, 0.3) is 20.2 Å². The molecule has 0 saturated heterocycles. The van der Waals surface area contributed by atoms with Gasteiger partial charge in [0.15, 0.2) is 0 Å². The summed E-state index contributed by atoms with van der Waals surface area (Å²) in [6.07, 6.45) is 0. The van der Waals surface area contributed by atoms with Crippen LogP contribution in [-0.2, 0) is 20.2 Å². The van der Waals surface area contributed by atoms with Crippen LogP contribution in [0.1, 0.15) is 0 Å². The summed E-state index contributed by atoms with van der Waals surface area (Å²) < 4.78 is 62.7. The van der Waals surface area contributed by atoms with Crippen LogP contribution in [0.2, 0.25) is 0 Å². The van der Waals surface area contributed by atoms with Crippen molar-refractivity contribution < 1.29 is 25.9 Å². The van der Waals surface area contributed by atoms with Crippen molar-refractivity contribution in [3.8, 4) is 0 Å². The van der Waals surface area contributed by atoms with Crippen molar-refractivity contribution in [2.45, 2.75) is 9.79 Å². The van der Waals surface area contributed by atoms with Crippen LogP contribution < -0.4 is 0 Å². The summed E-state index contributed by atoms with van der Waals surface area (Å²) in [4.78, 5) is -0.823. The molecule has 0 heterocycles. The molecule has 0 bridgehead atoms. The normalized spacial score (nSPS) is 11.7. The lowest BCUT2D eigenvalue weighted by Gasteiger charge is -2.06. The third-order valence-electron chi connectivity index (χ3n) is 4.28. The van der Waals surface area contributed by atoms with Gasteiger partial charge in [0.05, 0.1) is 5.69 Å². The fourth-order valence-electron chi connectivity index (χ4n) is 3.01. The molecule has 154 valence electrons. The Morgan fingerprint density at radius 1 is 0.600 bits per heavy atom. The second-order valence-corrected chi connectivity index (χ2v) is 8.95. The first-order valence-corrected chi connectivity index (χ1v) is 11.3. The number of hydrogen-bond donors (Lipinski definition) is 3. The van der Waals surface area contributed by atoms with Gasteiger partial charge in [-0.15, -0.1) is 0 Å². The van der Waals surface area contributed by atoms with E-state index in [2.05, 4.69) is 5.11 Å². The van der Waals surface area contributed by atoms with Crippen LogP contribution in [0.25, 0.3) is 21.5 Å². The molecule has 0 aliphatic heterocycles. The maximum Gasteiger partial charge on any atom is 0.295 e. The van der Waals surface area contributed by atoms with Gasteiger partial charge in [0.1, 0.15) is 9.79 Å². The number of benzene rings is 4. The Labute approximate surface area is 172 Å². The molecule has 30 heavy (non-hydrogen) atoms. The van der Waals surface area contributed by atoms with E-state index in [4.69, 9.17) is 14.6 Å². The van der Waals surface area contributed by atoms with Gasteiger partial charge in [0, 0.05) is 16.2 Å². The lowest BCUT2D eigenvalue weighted by atomic mass is 10.1. The van der Waals surface area contributed by atoms with E-state index in [1.54, 1.807) is 0 Å². The first-order chi connectivity index (χ1) is 14.1. The molecule has 0 aliphatic rings. The van der Waals surface area contributed by atoms with Crippen LogP contribution in [0.3, 0.4) is 0 Å². The van der Waals surface area contributed by atoms with Gasteiger partial charge in [-0.1, -0.05) is 60.7 Å². The fourth-order valence-corrected chi connectivity index (χ4v) is 4.42. The molecular formula is C20H16N2O6S2. The Kier molecular flexibility index (Phi) is 5.94. The smallest absolute Gasteiger partial charge is 0.282 e. The third kappa shape index (κ3) is 4.52. The quantitative estimate of drug-likeness (QED) is 0.305. The van der Waals surface area contributed by atoms with Crippen molar-refractivity contribution in [3.63, 3.8) is 0 Å². The zero-order valence-corrected chi connectivity index (χ0v) is 16.9. The second kappa shape index (κ2) is 8.28. The monoisotopic (exact) mass is 444 g/mol. The minimum absolute atomic E-state index is 0.0233. The van der Waals surface area contributed by atoms with E-state index >= 15 is 0 Å². The molecule has 0 atom stereocenters. The maximum absolute atomic E-state index is 11.2. The zero-order chi connectivity index (χ0) is 21.9. The molecule has 10 heteroatoms. The predicted molar refractivity (Wildman–Crippen MR) is 112 cm³/mol. The van der Waals surface area contributed by atoms with E-state index < -0.39 is 30.0 Å². The minimum atomic E-state index is -4.47. The highest BCUT2D eigenvalue weighted by atomic mass is 32.2. The van der Waals surface area contributed by atoms with E-state index in [0.717, 1.165) is 28.6 Å². The van der Waals surface area contributed by atoms with Crippen LogP contribution >= 0.6 is 0 Å². The third-order valence-corrected chi connectivity index (χ3v) is 6.11. The fraction of sp³-hybridized carbons (Fsp3) is 0. The Bertz CT molecular complexity index is 1390. The molecule has 0 aliphatic carbocycles. The molecule has 0 aromatic heterocycles. The Balaban J connectivity index is 0.000000184. The summed E-state index contributed by atoms with van der Waals surface area (Å²) in [5.41, 5.74) is 7.68. The Morgan fingerprint density at radius 3 is 1.53 bits per heavy atom. The maximum atomic E-state index is 11.2. The number of rotatable bonds is 3. The van der Waals surface area contributed by atoms with Crippen LogP contribution in [0.4, 0.5) is 5.69 Å². The molecular weight excluding hydrogens is 428 g/mol. The van der Waals surface area contributed by atoms with Crippen molar-refractivity contribution in [1.82, 2.24) is 0 Å². The molecule has 0 radical (unpaired) electrons. The molecule has 4 aromatic carbocycles. The van der Waals surface area contributed by atoms with Crippen LogP contribution in [0, 0.1) is 5.53 Å². The highest BCUT2D eigenvalue weighted by Gasteiger charge is 2.18. The van der Waals surface area contributed by atoms with Crippen molar-refractivity contribution in [2.75, 3.05) is 0 Å². The summed E-state index contributed by atoms with van der Waals surface area (Å²) >= 11 is 0. The number of nitrogens with one attached hydrogen (secondary N) is 1. The Hall–Kier alpha value is -3.18. The number of hydrogen-bond acceptors (Lipinski definition) is 6. The summed E-state index contributed by atoms with van der Waals surface area (Å²) in [6.45, 7) is 0. The molecule has 0 spiro atoms. The standard InChI is InChI=1S/C10H8N2.C10H8O6S2/c11-12-10-7-3-5-8-4-1-2-6-9(8)10;11-17(12,13)9-5-1-3-7-8(9)4-2-6-10(7)18(14,15)16/h1-7,11H;1-6H,(H,11,12,13)(H,14,15,16). The Morgan fingerprint density at radius 2 is 1.03 bits per heavy atom. The van der Waals surface area contributed by atoms with Crippen molar-refractivity contribution in [3.05, 3.63) is 78.9 Å². The molecule has 0 amide bonds. The lowest BCUT2D eigenvalue weighted by molar-refractivity contribution is 0.481. The SMILES string of the molecule is N=Nc1cccc2ccccc12.O=S(=O)(O)c1cccc2c(S(=O)(=O)O)cccc12. The van der Waals surface area contributed by atoms with Gasteiger partial charge in [-0.2, -0.15) is 21.9 Å². The summed E-state index contributed by atoms with van der Waals surface area (Å²) in [5, 5.41) is 5.66. The summed E-state index contributed by atoms with van der Waals surface area (Å²) in [6, 6.07) is 21.2. The highest BCUT2D eigenvalue weighted by molar-refractivity contribution is 7.86. The van der Waals surface area contributed by atoms with E-state index in [1.165, 1.54) is 24.3 Å². The van der Waals surface area contributed by atoms with Crippen molar-refractivity contribution >= 4 is 47.5 Å². The molecule has 0 fully saturated rings. The predicted octanol–water partition coefficient (Wildman–Crippen LogP) is 4.84. The highest BCUT2D eigenvalue weighted by Crippen LogP contribution is 2.28. The van der Waals surface area contributed by atoms with Crippen molar-refractivity contribution in [1.29, 1.82) is 5.53 Å². The van der Waals surface area contributed by atoms with Crippen LogP contribution in [0.15, 0.2) is 93.8 Å². The molecule has 0 saturated carbocycles. The van der Waals surface area contributed by atoms with Crippen molar-refractivity contribution in [2.24, 2.45) is 5.11 Å². The summed E-state index contributed by atoms with van der Waals surface area (Å²) in [5.74, 6) is 0. The average molecular weight is 444 g/mol. The number of fused-ring (bicyclic) bond motifs is 2. The van der Waals surface area contributed by atoms with Gasteiger partial charge < -0.3 is 0 Å². The largest absolute Gasteiger partial charge is 0.295 e. The van der Waals surface area contributed by atoms with Gasteiger partial charge in [-0.25, -0.2) is 5.53 Å². The van der Waals surface area contributed by atoms with Gasteiger partial charge in [0.2, 0.25) is 0 Å². The molecule has 8 nitrogen and oxygen atoms in total. The first-order valence-electron chi connectivity index (χ1n) is 8.45. The van der Waals surface area contributed by atoms with Gasteiger partial charge >= 0.3 is 0 Å². The topological polar surface area (TPSA) is 145 Å². The molecule has 0 unspecified atom stereocenters. The van der Waals surface area contributed by atoms with E-state index in [9.17, 15) is 16.8 Å². The second-order valence-electron chi connectivity index (χ2n) is 6.17. The van der Waals surface area contributed by atoms with E-state index in [0.29, 0.717) is 0 Å². The average Bonchev–Trinajstić information content (AvgIpc) is 2.71. The lowest BCUT2D eigenvalue weighted by Crippen LogP contribution is -2.02. The first kappa shape index (κ1) is 21.5. The summed E-state index contributed by atoms with van der Waals surface area (Å²) in [7, 11) is -8.94. The zero-order valence-electron chi connectivity index (χ0n) is 15.3. The molecule has 4 aromatic rings. The minimum Gasteiger partial charge on any atom is -0.282 e. The van der Waals surface area contributed by atoms with Crippen LogP contribution in [0.5, 0.6) is 0 Å². The molecule has 4 rings (SSSR count). The van der Waals surface area contributed by atoms with Crippen LogP contribution in [-0.4, -0.2) is 25.9 Å². The number of nitrogens with zero attached hydrogens (tertiary/aromatic N) is 1. The molecule has 3 N–H and O–H groups in total.